The Morgan fingerprint density at radius 1 is 1.13 bits per heavy atom. The SMILES string of the molecule is COc1ccc(S(=O)(=O)N2CCCC2)cc1CCC(=O)NC(C)COc1ccccc1. The summed E-state index contributed by atoms with van der Waals surface area (Å²) in [5.74, 6) is 1.21. The van der Waals surface area contributed by atoms with Crippen LogP contribution in [0.1, 0.15) is 31.7 Å². The van der Waals surface area contributed by atoms with Crippen LogP contribution in [0.4, 0.5) is 0 Å². The molecule has 1 amide bonds. The molecule has 1 atom stereocenters. The third-order valence-electron chi connectivity index (χ3n) is 5.23. The number of amides is 1. The van der Waals surface area contributed by atoms with Crippen molar-refractivity contribution >= 4 is 15.9 Å². The molecule has 1 aliphatic rings. The second kappa shape index (κ2) is 10.6. The Morgan fingerprint density at radius 2 is 1.84 bits per heavy atom. The van der Waals surface area contributed by atoms with E-state index in [0.29, 0.717) is 37.4 Å². The minimum atomic E-state index is -3.52. The molecular formula is C23H30N2O5S. The van der Waals surface area contributed by atoms with Gasteiger partial charge in [0, 0.05) is 19.5 Å². The van der Waals surface area contributed by atoms with Gasteiger partial charge in [-0.15, -0.1) is 0 Å². The molecule has 0 radical (unpaired) electrons. The quantitative estimate of drug-likeness (QED) is 0.607. The Balaban J connectivity index is 1.57. The number of rotatable bonds is 10. The number of carbonyl (C=O) groups is 1. The van der Waals surface area contributed by atoms with E-state index in [9.17, 15) is 13.2 Å². The number of para-hydroxylation sites is 1. The monoisotopic (exact) mass is 446 g/mol. The number of hydrogen-bond acceptors (Lipinski definition) is 5. The van der Waals surface area contributed by atoms with E-state index in [2.05, 4.69) is 5.32 Å². The van der Waals surface area contributed by atoms with Gasteiger partial charge in [0.05, 0.1) is 18.0 Å². The smallest absolute Gasteiger partial charge is 0.243 e. The zero-order valence-electron chi connectivity index (χ0n) is 18.0. The molecule has 7 nitrogen and oxygen atoms in total. The lowest BCUT2D eigenvalue weighted by molar-refractivity contribution is -0.121. The standard InChI is InChI=1S/C23H30N2O5S/c1-18(17-30-20-8-4-3-5-9-20)24-23(26)13-10-19-16-21(11-12-22(19)29-2)31(27,28)25-14-6-7-15-25/h3-5,8-9,11-12,16,18H,6-7,10,13-15,17H2,1-2H3,(H,24,26). The van der Waals surface area contributed by atoms with E-state index in [1.54, 1.807) is 18.2 Å². The van der Waals surface area contributed by atoms with Crippen LogP contribution in [0.3, 0.4) is 0 Å². The number of ether oxygens (including phenoxy) is 2. The first-order valence-corrected chi connectivity index (χ1v) is 12.0. The molecule has 2 aromatic carbocycles. The van der Waals surface area contributed by atoms with Crippen LogP contribution in [0.5, 0.6) is 11.5 Å². The Morgan fingerprint density at radius 3 is 2.52 bits per heavy atom. The molecule has 168 valence electrons. The largest absolute Gasteiger partial charge is 0.496 e. The van der Waals surface area contributed by atoms with E-state index in [1.807, 2.05) is 37.3 Å². The van der Waals surface area contributed by atoms with E-state index < -0.39 is 10.0 Å². The summed E-state index contributed by atoms with van der Waals surface area (Å²) in [6.07, 6.45) is 2.37. The van der Waals surface area contributed by atoms with Gasteiger partial charge in [-0.3, -0.25) is 4.79 Å². The molecule has 8 heteroatoms. The van der Waals surface area contributed by atoms with Crippen molar-refractivity contribution in [3.63, 3.8) is 0 Å². The third kappa shape index (κ3) is 6.21. The van der Waals surface area contributed by atoms with Crippen LogP contribution in [0.15, 0.2) is 53.4 Å². The van der Waals surface area contributed by atoms with Gasteiger partial charge in [-0.1, -0.05) is 18.2 Å². The van der Waals surface area contributed by atoms with Crippen LogP contribution in [0.25, 0.3) is 0 Å². The van der Waals surface area contributed by atoms with Gasteiger partial charge >= 0.3 is 0 Å². The maximum atomic E-state index is 12.9. The summed E-state index contributed by atoms with van der Waals surface area (Å²) >= 11 is 0. The molecule has 1 fully saturated rings. The second-order valence-corrected chi connectivity index (χ2v) is 9.62. The van der Waals surface area contributed by atoms with E-state index >= 15 is 0 Å². The van der Waals surface area contributed by atoms with E-state index in [1.165, 1.54) is 11.4 Å². The molecule has 3 rings (SSSR count). The number of carbonyl (C=O) groups excluding carboxylic acids is 1. The highest BCUT2D eigenvalue weighted by atomic mass is 32.2. The Labute approximate surface area is 184 Å². The average Bonchev–Trinajstić information content (AvgIpc) is 3.33. The molecule has 0 aliphatic carbocycles. The van der Waals surface area contributed by atoms with Crippen molar-refractivity contribution in [2.75, 3.05) is 26.8 Å². The van der Waals surface area contributed by atoms with Gasteiger partial charge in [0.1, 0.15) is 18.1 Å². The lowest BCUT2D eigenvalue weighted by Crippen LogP contribution is -2.36. The molecule has 1 N–H and O–H groups in total. The first-order chi connectivity index (χ1) is 14.9. The number of nitrogens with zero attached hydrogens (tertiary/aromatic N) is 1. The Hall–Kier alpha value is -2.58. The van der Waals surface area contributed by atoms with Crippen LogP contribution in [0, 0.1) is 0 Å². The Bertz CT molecular complexity index is 973. The number of hydrogen-bond donors (Lipinski definition) is 1. The number of methoxy groups -OCH3 is 1. The first-order valence-electron chi connectivity index (χ1n) is 10.5. The molecule has 1 heterocycles. The van der Waals surface area contributed by atoms with Gasteiger partial charge in [-0.2, -0.15) is 4.31 Å². The van der Waals surface area contributed by atoms with Crippen LogP contribution in [-0.4, -0.2) is 51.5 Å². The van der Waals surface area contributed by atoms with E-state index in [4.69, 9.17) is 9.47 Å². The molecule has 1 aliphatic heterocycles. The Kier molecular flexibility index (Phi) is 7.92. The fourth-order valence-corrected chi connectivity index (χ4v) is 5.13. The van der Waals surface area contributed by atoms with E-state index in [0.717, 1.165) is 18.6 Å². The summed E-state index contributed by atoms with van der Waals surface area (Å²) in [5, 5.41) is 2.92. The molecule has 0 saturated carbocycles. The summed E-state index contributed by atoms with van der Waals surface area (Å²) in [7, 11) is -1.98. The second-order valence-electron chi connectivity index (χ2n) is 7.68. The van der Waals surface area contributed by atoms with Crippen molar-refractivity contribution in [3.8, 4) is 11.5 Å². The van der Waals surface area contributed by atoms with Gasteiger partial charge in [-0.05, 0) is 62.1 Å². The topological polar surface area (TPSA) is 84.9 Å². The van der Waals surface area contributed by atoms with Crippen molar-refractivity contribution < 1.29 is 22.7 Å². The lowest BCUT2D eigenvalue weighted by atomic mass is 10.1. The maximum absolute atomic E-state index is 12.9. The lowest BCUT2D eigenvalue weighted by Gasteiger charge is -2.18. The first kappa shape index (κ1) is 23.1. The highest BCUT2D eigenvalue weighted by Gasteiger charge is 2.27. The molecule has 1 saturated heterocycles. The molecular weight excluding hydrogens is 416 g/mol. The fourth-order valence-electron chi connectivity index (χ4n) is 3.56. The molecule has 0 aromatic heterocycles. The summed E-state index contributed by atoms with van der Waals surface area (Å²) in [6, 6.07) is 14.1. The molecule has 2 aromatic rings. The predicted octanol–water partition coefficient (Wildman–Crippen LogP) is 3.00. The van der Waals surface area contributed by atoms with Crippen molar-refractivity contribution in [2.24, 2.45) is 0 Å². The van der Waals surface area contributed by atoms with Crippen molar-refractivity contribution in [2.45, 2.75) is 43.5 Å². The van der Waals surface area contributed by atoms with Crippen molar-refractivity contribution in [1.29, 1.82) is 0 Å². The average molecular weight is 447 g/mol. The van der Waals surface area contributed by atoms with Crippen molar-refractivity contribution in [1.82, 2.24) is 9.62 Å². The van der Waals surface area contributed by atoms with Crippen LogP contribution in [-0.2, 0) is 21.2 Å². The van der Waals surface area contributed by atoms with Crippen molar-refractivity contribution in [3.05, 3.63) is 54.1 Å². The zero-order valence-corrected chi connectivity index (χ0v) is 18.9. The summed E-state index contributed by atoms with van der Waals surface area (Å²) in [6.45, 7) is 3.34. The summed E-state index contributed by atoms with van der Waals surface area (Å²) < 4.78 is 38.3. The minimum Gasteiger partial charge on any atom is -0.496 e. The van der Waals surface area contributed by atoms with Crippen LogP contribution < -0.4 is 14.8 Å². The summed E-state index contributed by atoms with van der Waals surface area (Å²) in [4.78, 5) is 12.6. The number of aryl methyl sites for hydroxylation is 1. The van der Waals surface area contributed by atoms with Gasteiger partial charge in [0.15, 0.2) is 0 Å². The van der Waals surface area contributed by atoms with Gasteiger partial charge in [-0.25, -0.2) is 8.42 Å². The van der Waals surface area contributed by atoms with Crippen LogP contribution in [0.2, 0.25) is 0 Å². The highest BCUT2D eigenvalue weighted by molar-refractivity contribution is 7.89. The fraction of sp³-hybridized carbons (Fsp3) is 0.435. The van der Waals surface area contributed by atoms with Gasteiger partial charge in [0.25, 0.3) is 0 Å². The number of benzene rings is 2. The van der Waals surface area contributed by atoms with Gasteiger partial charge < -0.3 is 14.8 Å². The molecule has 0 bridgehead atoms. The van der Waals surface area contributed by atoms with E-state index in [-0.39, 0.29) is 23.3 Å². The normalized spacial score (nSPS) is 15.4. The predicted molar refractivity (Wildman–Crippen MR) is 119 cm³/mol. The molecule has 0 spiro atoms. The van der Waals surface area contributed by atoms with Gasteiger partial charge in [0.2, 0.25) is 15.9 Å². The summed E-state index contributed by atoms with van der Waals surface area (Å²) in [5.41, 5.74) is 0.700. The maximum Gasteiger partial charge on any atom is 0.243 e. The third-order valence-corrected chi connectivity index (χ3v) is 7.12. The highest BCUT2D eigenvalue weighted by Crippen LogP contribution is 2.27. The number of nitrogens with one attached hydrogen (secondary N) is 1. The van der Waals surface area contributed by atoms with Crippen LogP contribution >= 0.6 is 0 Å². The zero-order chi connectivity index (χ0) is 22.3. The number of sulfonamides is 1. The minimum absolute atomic E-state index is 0.126. The molecule has 1 unspecified atom stereocenters. The molecule has 31 heavy (non-hydrogen) atoms.